The minimum atomic E-state index is 0.0920. The molecule has 0 aromatic heterocycles. The van der Waals surface area contributed by atoms with Gasteiger partial charge in [-0.25, -0.2) is 0 Å². The fourth-order valence-electron chi connectivity index (χ4n) is 2.66. The summed E-state index contributed by atoms with van der Waals surface area (Å²) in [5, 5.41) is 11.4. The molecule has 0 amide bonds. The third-order valence-electron chi connectivity index (χ3n) is 3.71. The molecule has 0 aromatic rings. The van der Waals surface area contributed by atoms with Gasteiger partial charge in [0, 0.05) is 6.20 Å². The molecule has 18 heavy (non-hydrogen) atoms. The van der Waals surface area contributed by atoms with Gasteiger partial charge in [-0.3, -0.25) is 15.1 Å². The van der Waals surface area contributed by atoms with E-state index in [2.05, 4.69) is 0 Å². The highest BCUT2D eigenvalue weighted by atomic mass is 16.5. The molecule has 0 heterocycles. The quantitative estimate of drug-likeness (QED) is 0.760. The first-order chi connectivity index (χ1) is 8.58. The Bertz CT molecular complexity index is 402. The predicted octanol–water partition coefficient (Wildman–Crippen LogP) is 3.37. The molecule has 2 aliphatic carbocycles. The van der Waals surface area contributed by atoms with Gasteiger partial charge >= 0.3 is 0 Å². The molecule has 2 aliphatic rings. The van der Waals surface area contributed by atoms with Crippen LogP contribution in [-0.2, 0) is 4.79 Å². The highest BCUT2D eigenvalue weighted by Gasteiger charge is 2.19. The Kier molecular flexibility index (Phi) is 4.02. The molecular weight excluding hydrogens is 226 g/mol. The number of hydrogen-bond acceptors (Lipinski definition) is 3. The molecule has 0 aromatic carbocycles. The Balaban J connectivity index is 2.10. The van der Waals surface area contributed by atoms with E-state index in [0.717, 1.165) is 29.6 Å². The molecule has 1 fully saturated rings. The summed E-state index contributed by atoms with van der Waals surface area (Å²) < 4.78 is 0. The van der Waals surface area contributed by atoms with Gasteiger partial charge in [-0.05, 0) is 55.6 Å². The van der Waals surface area contributed by atoms with Crippen LogP contribution in [0.15, 0.2) is 35.1 Å². The van der Waals surface area contributed by atoms with Crippen LogP contribution < -0.4 is 0 Å². The number of rotatable bonds is 2. The van der Waals surface area contributed by atoms with Crippen LogP contribution in [0.1, 0.15) is 46.0 Å². The molecule has 0 unspecified atom stereocenters. The van der Waals surface area contributed by atoms with E-state index in [9.17, 15) is 10.0 Å². The zero-order valence-electron chi connectivity index (χ0n) is 11.1. The minimum absolute atomic E-state index is 0.0920. The van der Waals surface area contributed by atoms with Crippen molar-refractivity contribution in [3.8, 4) is 0 Å². The van der Waals surface area contributed by atoms with E-state index in [1.807, 2.05) is 26.0 Å². The molecule has 3 nitrogen and oxygen atoms in total. The van der Waals surface area contributed by atoms with Gasteiger partial charge in [-0.1, -0.05) is 19.3 Å². The molecule has 0 saturated heterocycles. The van der Waals surface area contributed by atoms with Crippen LogP contribution in [0, 0.1) is 0 Å². The molecule has 0 aliphatic heterocycles. The molecule has 2 rings (SSSR count). The summed E-state index contributed by atoms with van der Waals surface area (Å²) >= 11 is 0. The summed E-state index contributed by atoms with van der Waals surface area (Å²) in [5.74, 6) is 0.0920. The lowest BCUT2D eigenvalue weighted by atomic mass is 9.94. The summed E-state index contributed by atoms with van der Waals surface area (Å²) in [4.78, 5) is 11.6. The molecule has 0 spiro atoms. The van der Waals surface area contributed by atoms with Crippen molar-refractivity contribution in [2.75, 3.05) is 0 Å². The zero-order valence-corrected chi connectivity index (χ0v) is 11.1. The summed E-state index contributed by atoms with van der Waals surface area (Å²) in [6.45, 7) is 3.63. The summed E-state index contributed by atoms with van der Waals surface area (Å²) in [6.07, 6.45) is 11.2. The Morgan fingerprint density at radius 2 is 1.72 bits per heavy atom. The molecule has 0 radical (unpaired) electrons. The minimum Gasteiger partial charge on any atom is -0.289 e. The third-order valence-corrected chi connectivity index (χ3v) is 3.71. The number of carbonyl (C=O) groups is 1. The van der Waals surface area contributed by atoms with Crippen LogP contribution in [0.3, 0.4) is 0 Å². The van der Waals surface area contributed by atoms with Crippen molar-refractivity contribution < 1.29 is 10.0 Å². The van der Waals surface area contributed by atoms with Gasteiger partial charge in [0.15, 0.2) is 5.78 Å². The second kappa shape index (κ2) is 5.53. The Morgan fingerprint density at radius 1 is 1.17 bits per heavy atom. The predicted molar refractivity (Wildman–Crippen MR) is 71.1 cm³/mol. The van der Waals surface area contributed by atoms with E-state index in [-0.39, 0.29) is 11.8 Å². The topological polar surface area (TPSA) is 40.5 Å². The second-order valence-electron chi connectivity index (χ2n) is 5.28. The first-order valence-corrected chi connectivity index (χ1v) is 6.68. The number of allylic oxidation sites excluding steroid dienone is 5. The Labute approximate surface area is 108 Å². The average Bonchev–Trinajstić information content (AvgIpc) is 2.37. The lowest BCUT2D eigenvalue weighted by Crippen LogP contribution is -2.30. The van der Waals surface area contributed by atoms with E-state index in [0.29, 0.717) is 0 Å². The average molecular weight is 247 g/mol. The van der Waals surface area contributed by atoms with Gasteiger partial charge in [0.1, 0.15) is 0 Å². The fraction of sp³-hybridized carbons (Fsp3) is 0.533. The normalized spacial score (nSPS) is 21.5. The highest BCUT2D eigenvalue weighted by Crippen LogP contribution is 2.24. The lowest BCUT2D eigenvalue weighted by Gasteiger charge is -2.28. The SMILES string of the molecule is CC1=CC(=CN(O)C2CCCCC2)C=C(C)C1=O. The van der Waals surface area contributed by atoms with Crippen molar-refractivity contribution in [2.24, 2.45) is 0 Å². The molecule has 1 saturated carbocycles. The maximum absolute atomic E-state index is 11.6. The van der Waals surface area contributed by atoms with E-state index in [1.165, 1.54) is 24.3 Å². The molecule has 0 bridgehead atoms. The second-order valence-corrected chi connectivity index (χ2v) is 5.28. The van der Waals surface area contributed by atoms with E-state index in [1.54, 1.807) is 6.20 Å². The monoisotopic (exact) mass is 247 g/mol. The van der Waals surface area contributed by atoms with Crippen LogP contribution in [0.2, 0.25) is 0 Å². The van der Waals surface area contributed by atoms with Crippen LogP contribution in [0.25, 0.3) is 0 Å². The van der Waals surface area contributed by atoms with Crippen LogP contribution in [-0.4, -0.2) is 22.1 Å². The smallest absolute Gasteiger partial charge is 0.184 e. The maximum Gasteiger partial charge on any atom is 0.184 e. The van der Waals surface area contributed by atoms with Crippen molar-refractivity contribution >= 4 is 5.78 Å². The van der Waals surface area contributed by atoms with Crippen LogP contribution in [0.5, 0.6) is 0 Å². The third kappa shape index (κ3) is 2.91. The molecule has 0 atom stereocenters. The number of Topliss-reactive ketones (excluding diaryl/α,β-unsaturated/α-hetero) is 1. The maximum atomic E-state index is 11.6. The van der Waals surface area contributed by atoms with E-state index in [4.69, 9.17) is 0 Å². The largest absolute Gasteiger partial charge is 0.289 e. The van der Waals surface area contributed by atoms with Crippen molar-refractivity contribution in [1.29, 1.82) is 0 Å². The molecule has 98 valence electrons. The van der Waals surface area contributed by atoms with E-state index >= 15 is 0 Å². The standard InChI is InChI=1S/C15H21NO2/c1-11-8-13(9-12(2)15(11)17)10-16(18)14-6-4-3-5-7-14/h8-10,14,18H,3-7H2,1-2H3. The number of nitrogens with zero attached hydrogens (tertiary/aromatic N) is 1. The molecule has 1 N–H and O–H groups in total. The van der Waals surface area contributed by atoms with Gasteiger partial charge in [0.05, 0.1) is 6.04 Å². The van der Waals surface area contributed by atoms with Crippen molar-refractivity contribution in [1.82, 2.24) is 5.06 Å². The summed E-state index contributed by atoms with van der Waals surface area (Å²) in [7, 11) is 0. The van der Waals surface area contributed by atoms with Crippen molar-refractivity contribution in [3.05, 3.63) is 35.1 Å². The van der Waals surface area contributed by atoms with Crippen LogP contribution >= 0.6 is 0 Å². The Hall–Kier alpha value is -1.35. The van der Waals surface area contributed by atoms with Gasteiger partial charge in [0.2, 0.25) is 0 Å². The molecular formula is C15H21NO2. The van der Waals surface area contributed by atoms with Crippen molar-refractivity contribution in [3.63, 3.8) is 0 Å². The zero-order chi connectivity index (χ0) is 13.1. The number of hydrogen-bond donors (Lipinski definition) is 1. The highest BCUT2D eigenvalue weighted by molar-refractivity contribution is 6.09. The number of carbonyl (C=O) groups excluding carboxylic acids is 1. The van der Waals surface area contributed by atoms with Crippen LogP contribution in [0.4, 0.5) is 0 Å². The fourth-order valence-corrected chi connectivity index (χ4v) is 2.66. The number of hydroxylamine groups is 2. The van der Waals surface area contributed by atoms with Gasteiger partial charge < -0.3 is 0 Å². The lowest BCUT2D eigenvalue weighted by molar-refractivity contribution is -0.112. The molecule has 3 heteroatoms. The van der Waals surface area contributed by atoms with Gasteiger partial charge in [0.25, 0.3) is 0 Å². The first kappa shape index (κ1) is 13.1. The summed E-state index contributed by atoms with van der Waals surface area (Å²) in [6, 6.07) is 0.228. The first-order valence-electron chi connectivity index (χ1n) is 6.68. The van der Waals surface area contributed by atoms with Gasteiger partial charge in [-0.2, -0.15) is 0 Å². The summed E-state index contributed by atoms with van der Waals surface area (Å²) in [5.41, 5.74) is 2.37. The van der Waals surface area contributed by atoms with Crippen molar-refractivity contribution in [2.45, 2.75) is 52.0 Å². The van der Waals surface area contributed by atoms with E-state index < -0.39 is 0 Å². The number of ketones is 1. The Morgan fingerprint density at radius 3 is 2.28 bits per heavy atom. The van der Waals surface area contributed by atoms with Gasteiger partial charge in [-0.15, -0.1) is 0 Å².